The molecule has 0 spiro atoms. The van der Waals surface area contributed by atoms with Crippen molar-refractivity contribution in [3.63, 3.8) is 0 Å². The van der Waals surface area contributed by atoms with E-state index in [4.69, 9.17) is 0 Å². The quantitative estimate of drug-likeness (QED) is 0.816. The number of fused-ring (bicyclic) bond motifs is 1. The molecule has 0 unspecified atom stereocenters. The number of nitrogens with one attached hydrogen (secondary N) is 1. The molecule has 0 atom stereocenters. The van der Waals surface area contributed by atoms with E-state index in [0.29, 0.717) is 16.8 Å². The number of halogens is 1. The highest BCUT2D eigenvalue weighted by Crippen LogP contribution is 2.29. The summed E-state index contributed by atoms with van der Waals surface area (Å²) in [5.74, 6) is 0.194. The third kappa shape index (κ3) is 1.62. The summed E-state index contributed by atoms with van der Waals surface area (Å²) in [5, 5.41) is 7.25. The molecule has 1 aromatic carbocycles. The van der Waals surface area contributed by atoms with Gasteiger partial charge in [-0.05, 0) is 30.4 Å². The van der Waals surface area contributed by atoms with Crippen molar-refractivity contribution in [3.8, 4) is 0 Å². The van der Waals surface area contributed by atoms with Gasteiger partial charge in [-0.3, -0.25) is 5.10 Å². The number of hydrogen-bond donors (Lipinski definition) is 1. The number of hydrogen-bond acceptors (Lipinski definition) is 1. The second-order valence-electron chi connectivity index (χ2n) is 3.80. The monoisotopic (exact) mass is 206 g/mol. The number of nitrogens with zero attached hydrogens (tertiary/aromatic N) is 1. The van der Waals surface area contributed by atoms with Crippen molar-refractivity contribution in [1.29, 1.82) is 0 Å². The number of aromatic nitrogens is 2. The minimum absolute atomic E-state index is 0.116. The van der Waals surface area contributed by atoms with E-state index in [-0.39, 0.29) is 5.82 Å². The Morgan fingerprint density at radius 2 is 2.07 bits per heavy atom. The van der Waals surface area contributed by atoms with E-state index in [0.717, 1.165) is 18.4 Å². The summed E-state index contributed by atoms with van der Waals surface area (Å²) in [5.41, 5.74) is 1.51. The van der Waals surface area contributed by atoms with E-state index in [9.17, 15) is 4.39 Å². The highest BCUT2D eigenvalue weighted by molar-refractivity contribution is 5.79. The Kier molecular flexibility index (Phi) is 2.71. The Morgan fingerprint density at radius 3 is 2.73 bits per heavy atom. The molecule has 1 heterocycles. The van der Waals surface area contributed by atoms with Crippen molar-refractivity contribution in [3.05, 3.63) is 29.7 Å². The highest BCUT2D eigenvalue weighted by Gasteiger charge is 2.15. The van der Waals surface area contributed by atoms with Gasteiger partial charge in [0.2, 0.25) is 0 Å². The van der Waals surface area contributed by atoms with Crippen LogP contribution in [0, 0.1) is 5.82 Å². The summed E-state index contributed by atoms with van der Waals surface area (Å²) in [6.07, 6.45) is 3.56. The summed E-state index contributed by atoms with van der Waals surface area (Å²) >= 11 is 0. The maximum atomic E-state index is 14.1. The Labute approximate surface area is 88.5 Å². The van der Waals surface area contributed by atoms with Crippen LogP contribution in [0.1, 0.15) is 38.2 Å². The zero-order valence-corrected chi connectivity index (χ0v) is 9.05. The molecular weight excluding hydrogens is 191 g/mol. The third-order valence-corrected chi connectivity index (χ3v) is 3.01. The predicted octanol–water partition coefficient (Wildman–Crippen LogP) is 3.61. The van der Waals surface area contributed by atoms with Crippen molar-refractivity contribution >= 4 is 10.9 Å². The Hall–Kier alpha value is -1.38. The minimum atomic E-state index is -0.116. The van der Waals surface area contributed by atoms with Crippen molar-refractivity contribution in [2.24, 2.45) is 0 Å². The van der Waals surface area contributed by atoms with Gasteiger partial charge in [0, 0.05) is 6.20 Å². The first-order valence-electron chi connectivity index (χ1n) is 5.39. The van der Waals surface area contributed by atoms with Gasteiger partial charge < -0.3 is 0 Å². The van der Waals surface area contributed by atoms with Gasteiger partial charge in [0.15, 0.2) is 0 Å². The summed E-state index contributed by atoms with van der Waals surface area (Å²) in [7, 11) is 0. The van der Waals surface area contributed by atoms with Crippen molar-refractivity contribution in [1.82, 2.24) is 10.2 Å². The van der Waals surface area contributed by atoms with E-state index >= 15 is 0 Å². The Balaban J connectivity index is 2.56. The molecule has 2 rings (SSSR count). The van der Waals surface area contributed by atoms with E-state index in [1.54, 1.807) is 6.20 Å². The maximum absolute atomic E-state index is 14.1. The van der Waals surface area contributed by atoms with Gasteiger partial charge in [-0.15, -0.1) is 0 Å². The molecule has 0 bridgehead atoms. The third-order valence-electron chi connectivity index (χ3n) is 3.01. The minimum Gasteiger partial charge on any atom is -0.284 e. The first-order chi connectivity index (χ1) is 7.27. The maximum Gasteiger partial charge on any atom is 0.137 e. The number of aromatic amines is 1. The summed E-state index contributed by atoms with van der Waals surface area (Å²) in [4.78, 5) is 0. The normalized spacial score (nSPS) is 11.5. The van der Waals surface area contributed by atoms with Gasteiger partial charge in [0.1, 0.15) is 5.82 Å². The lowest BCUT2D eigenvalue weighted by atomic mass is 9.92. The largest absolute Gasteiger partial charge is 0.284 e. The first-order valence-corrected chi connectivity index (χ1v) is 5.39. The number of benzene rings is 1. The van der Waals surface area contributed by atoms with Crippen LogP contribution in [0.2, 0.25) is 0 Å². The van der Waals surface area contributed by atoms with Crippen LogP contribution in [-0.4, -0.2) is 10.2 Å². The lowest BCUT2D eigenvalue weighted by Gasteiger charge is -2.13. The Morgan fingerprint density at radius 1 is 1.33 bits per heavy atom. The van der Waals surface area contributed by atoms with Crippen molar-refractivity contribution in [2.75, 3.05) is 0 Å². The molecule has 1 N–H and O–H groups in total. The summed E-state index contributed by atoms with van der Waals surface area (Å²) in [6, 6.07) is 3.73. The SMILES string of the molecule is CCC(CC)c1ccc2n[nH]cc2c1F. The number of rotatable bonds is 3. The zero-order valence-electron chi connectivity index (χ0n) is 9.05. The van der Waals surface area contributed by atoms with Crippen LogP contribution in [0.15, 0.2) is 18.3 Å². The topological polar surface area (TPSA) is 28.7 Å². The molecule has 0 fully saturated rings. The second kappa shape index (κ2) is 4.01. The van der Waals surface area contributed by atoms with E-state index < -0.39 is 0 Å². The van der Waals surface area contributed by atoms with Crippen LogP contribution in [0.5, 0.6) is 0 Å². The zero-order chi connectivity index (χ0) is 10.8. The van der Waals surface area contributed by atoms with E-state index in [1.165, 1.54) is 0 Å². The molecule has 2 nitrogen and oxygen atoms in total. The molecule has 0 amide bonds. The van der Waals surface area contributed by atoms with Crippen molar-refractivity contribution in [2.45, 2.75) is 32.6 Å². The standard InChI is InChI=1S/C12H15FN2/c1-3-8(4-2)9-5-6-11-10(12(9)13)7-14-15-11/h5-8H,3-4H2,1-2H3,(H,14,15). The van der Waals surface area contributed by atoms with Gasteiger partial charge >= 0.3 is 0 Å². The van der Waals surface area contributed by atoms with Gasteiger partial charge in [-0.1, -0.05) is 19.9 Å². The second-order valence-corrected chi connectivity index (χ2v) is 3.80. The summed E-state index contributed by atoms with van der Waals surface area (Å²) < 4.78 is 14.1. The number of H-pyrrole nitrogens is 1. The lowest BCUT2D eigenvalue weighted by Crippen LogP contribution is -1.99. The fourth-order valence-corrected chi connectivity index (χ4v) is 2.04. The molecule has 15 heavy (non-hydrogen) atoms. The van der Waals surface area contributed by atoms with Crippen molar-refractivity contribution < 1.29 is 4.39 Å². The van der Waals surface area contributed by atoms with Gasteiger partial charge in [0.05, 0.1) is 10.9 Å². The molecular formula is C12H15FN2. The van der Waals surface area contributed by atoms with Crippen LogP contribution < -0.4 is 0 Å². The predicted molar refractivity (Wildman–Crippen MR) is 59.4 cm³/mol. The van der Waals surface area contributed by atoms with E-state index in [2.05, 4.69) is 24.0 Å². The average molecular weight is 206 g/mol. The van der Waals surface area contributed by atoms with Gasteiger partial charge in [-0.2, -0.15) is 5.10 Å². The Bertz CT molecular complexity index is 458. The molecule has 0 saturated heterocycles. The van der Waals surface area contributed by atoms with Crippen LogP contribution in [0.3, 0.4) is 0 Å². The molecule has 0 saturated carbocycles. The fraction of sp³-hybridized carbons (Fsp3) is 0.417. The highest BCUT2D eigenvalue weighted by atomic mass is 19.1. The average Bonchev–Trinajstić information content (AvgIpc) is 2.71. The molecule has 3 heteroatoms. The van der Waals surface area contributed by atoms with Crippen LogP contribution in [0.25, 0.3) is 10.9 Å². The van der Waals surface area contributed by atoms with Crippen LogP contribution in [-0.2, 0) is 0 Å². The van der Waals surface area contributed by atoms with Gasteiger partial charge in [-0.25, -0.2) is 4.39 Å². The first kappa shape index (κ1) is 10.1. The molecule has 0 aliphatic heterocycles. The van der Waals surface area contributed by atoms with E-state index in [1.807, 2.05) is 12.1 Å². The molecule has 80 valence electrons. The van der Waals surface area contributed by atoms with Crippen LogP contribution in [0.4, 0.5) is 4.39 Å². The smallest absolute Gasteiger partial charge is 0.137 e. The molecule has 0 aliphatic carbocycles. The molecule has 2 aromatic rings. The van der Waals surface area contributed by atoms with Crippen LogP contribution >= 0.6 is 0 Å². The summed E-state index contributed by atoms with van der Waals surface area (Å²) in [6.45, 7) is 4.18. The molecule has 1 aromatic heterocycles. The molecule has 0 radical (unpaired) electrons. The van der Waals surface area contributed by atoms with Gasteiger partial charge in [0.25, 0.3) is 0 Å². The lowest BCUT2D eigenvalue weighted by molar-refractivity contribution is 0.566. The fourth-order valence-electron chi connectivity index (χ4n) is 2.04. The molecule has 0 aliphatic rings.